The van der Waals surface area contributed by atoms with Gasteiger partial charge in [-0.2, -0.15) is 26.3 Å². The molecule has 0 bridgehead atoms. The molecule has 0 rings (SSSR count). The zero-order valence-electron chi connectivity index (χ0n) is 18.3. The zero-order valence-corrected chi connectivity index (χ0v) is 30.9. The van der Waals surface area contributed by atoms with Gasteiger partial charge in [-0.25, -0.2) is 0 Å². The largest absolute Gasteiger partial charge is 0.760 e. The van der Waals surface area contributed by atoms with E-state index in [0.717, 1.165) is 13.8 Å². The van der Waals surface area contributed by atoms with Gasteiger partial charge in [0, 0.05) is 106 Å². The standard InChI is InChI=1S/C4H6ClF3O.C4H5F3O.C3H6O.CHClO.CF3.CH3.2Ac.ClHO2S.H4Si/c1-3(5,9)2-4(6,7)8;1-3(8)2-4(5,6)7;1-3(2)4;2-1-3;2-1(3)4;;;;1-4(2)3;/h9H,2H2,1H3;2H2,1H3;4H,1H2,2H3;1H;;1H3;;;(H,2,3);1H4/q;;;;2*+1;;;;/p-1. The van der Waals surface area contributed by atoms with Crippen molar-refractivity contribution in [2.24, 2.45) is 0 Å². The van der Waals surface area contributed by atoms with Crippen molar-refractivity contribution < 1.29 is 156 Å². The van der Waals surface area contributed by atoms with E-state index in [2.05, 4.69) is 28.9 Å². The van der Waals surface area contributed by atoms with E-state index in [1.54, 1.807) is 0 Å². The van der Waals surface area contributed by atoms with Gasteiger partial charge in [0.25, 0.3) is 0 Å². The van der Waals surface area contributed by atoms with Crippen LogP contribution in [0.2, 0.25) is 0 Å². The molecule has 0 aromatic rings. The fourth-order valence-electron chi connectivity index (χ4n) is 0.648. The van der Waals surface area contributed by atoms with Crippen LogP contribution in [-0.2, 0) is 19.9 Å². The molecule has 0 aliphatic carbocycles. The summed E-state index contributed by atoms with van der Waals surface area (Å²) in [6, 6.07) is 0. The zero-order chi connectivity index (χ0) is 27.9. The third-order valence-corrected chi connectivity index (χ3v) is 1.11. The molecule has 0 amide bonds. The van der Waals surface area contributed by atoms with E-state index < -0.39 is 53.0 Å². The first-order chi connectivity index (χ1) is 13.7. The van der Waals surface area contributed by atoms with Crippen molar-refractivity contribution in [1.29, 1.82) is 0 Å². The molecule has 22 heteroatoms. The van der Waals surface area contributed by atoms with E-state index in [9.17, 15) is 44.3 Å². The van der Waals surface area contributed by atoms with Gasteiger partial charge in [-0.15, -0.1) is 0 Å². The SMILES string of the molecule is C=C(C)O.CC(=O)CC(F)(F)F.CC(O)(Cl)CC(F)(F)F.F[C+](F)F.O=CCl.O=S([O-])Cl.[Ac].[Ac].[CH3+].[SiH4]. The fraction of sp³-hybridized carbons (Fsp3) is 0.571. The van der Waals surface area contributed by atoms with Crippen molar-refractivity contribution in [1.82, 2.24) is 0 Å². The summed E-state index contributed by atoms with van der Waals surface area (Å²) in [5.41, 5.74) is 0. The Labute approximate surface area is 296 Å². The Morgan fingerprint density at radius 2 is 1.25 bits per heavy atom. The third kappa shape index (κ3) is 260. The monoisotopic (exact) mass is 1080 g/mol. The number of alkyl halides is 7. The Morgan fingerprint density at radius 1 is 1.08 bits per heavy atom. The molecule has 6 nitrogen and oxygen atoms in total. The van der Waals surface area contributed by atoms with E-state index in [-0.39, 0.29) is 118 Å². The Balaban J connectivity index is -0.0000000289. The van der Waals surface area contributed by atoms with Crippen LogP contribution in [0.3, 0.4) is 0 Å². The normalized spacial score (nSPS) is 10.9. The molecule has 0 saturated heterocycles. The number of allylic oxidation sites excluding steroid dienone is 1. The van der Waals surface area contributed by atoms with Crippen LogP contribution in [0.5, 0.6) is 0 Å². The summed E-state index contributed by atoms with van der Waals surface area (Å²) < 4.78 is 113. The van der Waals surface area contributed by atoms with Crippen molar-refractivity contribution in [3.63, 3.8) is 0 Å². The van der Waals surface area contributed by atoms with Crippen LogP contribution >= 0.6 is 33.9 Å². The van der Waals surface area contributed by atoms with Crippen LogP contribution < -0.4 is 0 Å². The van der Waals surface area contributed by atoms with Crippen LogP contribution in [0.4, 0.5) is 39.5 Å². The molecular weight excluding hydrogens is 1060 g/mol. The van der Waals surface area contributed by atoms with Gasteiger partial charge in [-0.3, -0.25) is 13.8 Å². The molecular formula is C14H25Ac2Cl3F9O6SSi+. The topological polar surface area (TPSA) is 115 Å². The molecule has 2 radical (unpaired) electrons. The van der Waals surface area contributed by atoms with Gasteiger partial charge in [0.2, 0.25) is 5.75 Å². The molecule has 0 saturated carbocycles. The number of aliphatic hydroxyl groups is 2. The maximum Gasteiger partial charge on any atom is 0.724 e. The Kier molecular flexibility index (Phi) is 72.2. The summed E-state index contributed by atoms with van der Waals surface area (Å²) in [7, 11) is 1.80. The second kappa shape index (κ2) is 39.2. The molecule has 0 aliphatic rings. The van der Waals surface area contributed by atoms with Crippen molar-refractivity contribution in [2.75, 3.05) is 0 Å². The Morgan fingerprint density at radius 3 is 1.25 bits per heavy atom. The Hall–Kier alpha value is 2.03. The van der Waals surface area contributed by atoms with Crippen LogP contribution in [-0.4, -0.2) is 58.9 Å². The van der Waals surface area contributed by atoms with Crippen molar-refractivity contribution in [3.05, 3.63) is 26.4 Å². The van der Waals surface area contributed by atoms with Crippen LogP contribution in [0.25, 0.3) is 0 Å². The summed E-state index contributed by atoms with van der Waals surface area (Å²) in [6.07, 6.45) is -11.4. The van der Waals surface area contributed by atoms with Gasteiger partial charge in [0.1, 0.15) is 17.3 Å². The minimum atomic E-state index is -4.40. The number of halogens is 12. The van der Waals surface area contributed by atoms with E-state index in [1.165, 1.54) is 6.92 Å². The molecule has 0 heterocycles. The minimum absolute atomic E-state index is 0. The number of carbonyl (C=O) groups excluding carboxylic acids is 2. The first-order valence-electron chi connectivity index (χ1n) is 6.75. The smallest absolute Gasteiger partial charge is 0.724 e. The molecule has 0 aromatic carbocycles. The number of hydrogen-bond donors (Lipinski definition) is 2. The molecule has 0 fully saturated rings. The molecule has 0 spiro atoms. The summed E-state index contributed by atoms with van der Waals surface area (Å²) in [5, 5.41) is 14.1. The van der Waals surface area contributed by atoms with E-state index in [4.69, 9.17) is 35.4 Å². The summed E-state index contributed by atoms with van der Waals surface area (Å²) in [6.45, 7) is 3.36. The van der Waals surface area contributed by atoms with E-state index in [0.29, 0.717) is 0 Å². The van der Waals surface area contributed by atoms with Crippen molar-refractivity contribution >= 4 is 66.7 Å². The number of hydrogen-bond acceptors (Lipinski definition) is 6. The minimum Gasteiger partial charge on any atom is -0.760 e. The van der Waals surface area contributed by atoms with E-state index >= 15 is 0 Å². The predicted octanol–water partition coefficient (Wildman–Crippen LogP) is 5.27. The number of Topliss-reactive ketones (excluding diaryl/α,β-unsaturated/α-hetero) is 1. The molecule has 2 unspecified atom stereocenters. The molecule has 0 aliphatic heterocycles. The predicted molar refractivity (Wildman–Crippen MR) is 118 cm³/mol. The summed E-state index contributed by atoms with van der Waals surface area (Å²) in [4.78, 5) is 18.3. The second-order valence-electron chi connectivity index (χ2n) is 4.66. The number of carbonyl (C=O) groups is 2. The average Bonchev–Trinajstić information content (AvgIpc) is 2.29. The van der Waals surface area contributed by atoms with Crippen LogP contribution in [0.15, 0.2) is 12.3 Å². The van der Waals surface area contributed by atoms with Gasteiger partial charge in [-0.1, -0.05) is 18.2 Å². The quantitative estimate of drug-likeness (QED) is 0.0571. The maximum absolute atomic E-state index is 11.3. The van der Waals surface area contributed by atoms with Gasteiger partial charge >= 0.3 is 19.0 Å². The molecule has 2 atom stereocenters. The fourth-order valence-corrected chi connectivity index (χ4v) is 0.800. The number of aliphatic hydroxyl groups excluding tert-OH is 1. The van der Waals surface area contributed by atoms with Crippen molar-refractivity contribution in [2.45, 2.75) is 51.0 Å². The molecule has 0 aromatic heterocycles. The van der Waals surface area contributed by atoms with Crippen LogP contribution in [0, 0.1) is 102 Å². The molecule has 216 valence electrons. The van der Waals surface area contributed by atoms with Gasteiger partial charge in [0.05, 0.1) is 25.4 Å². The van der Waals surface area contributed by atoms with Gasteiger partial charge in [-0.05, 0) is 54.0 Å². The van der Waals surface area contributed by atoms with Crippen molar-refractivity contribution in [3.8, 4) is 0 Å². The second-order valence-corrected chi connectivity index (χ2v) is 6.80. The first kappa shape index (κ1) is 66.4. The number of rotatable bonds is 2. The van der Waals surface area contributed by atoms with Crippen LogP contribution in [0.1, 0.15) is 33.6 Å². The summed E-state index contributed by atoms with van der Waals surface area (Å²) >= 11 is 9.17. The van der Waals surface area contributed by atoms with E-state index in [1.807, 2.05) is 0 Å². The average molecular weight is 1080 g/mol. The van der Waals surface area contributed by atoms with Gasteiger partial charge in [0.15, 0.2) is 0 Å². The third-order valence-electron chi connectivity index (χ3n) is 0.972. The molecule has 36 heavy (non-hydrogen) atoms. The maximum atomic E-state index is 11.3. The molecule has 2 N–H and O–H groups in total. The first-order valence-corrected chi connectivity index (χ1v) is 9.47. The van der Waals surface area contributed by atoms with Gasteiger partial charge < -0.3 is 14.8 Å². The Bertz CT molecular complexity index is 483. The summed E-state index contributed by atoms with van der Waals surface area (Å²) in [5.74, 6) is -0.461. The number of ketones is 1.